The zero-order chi connectivity index (χ0) is 22.7. The van der Waals surface area contributed by atoms with Crippen LogP contribution in [-0.4, -0.2) is 41.8 Å². The quantitative estimate of drug-likeness (QED) is 0.613. The van der Waals surface area contributed by atoms with Crippen LogP contribution in [0, 0.1) is 0 Å². The van der Waals surface area contributed by atoms with Gasteiger partial charge in [-0.3, -0.25) is 4.90 Å². The average Bonchev–Trinajstić information content (AvgIpc) is 3.39. The second-order valence-electron chi connectivity index (χ2n) is 8.89. The van der Waals surface area contributed by atoms with Gasteiger partial charge < -0.3 is 10.2 Å². The number of carbonyl (C=O) groups is 1. The lowest BCUT2D eigenvalue weighted by Gasteiger charge is -2.30. The van der Waals surface area contributed by atoms with Crippen LogP contribution in [0.25, 0.3) is 0 Å². The fraction of sp³-hybridized carbons (Fsp3) is 0.458. The molecule has 0 aromatic heterocycles. The predicted molar refractivity (Wildman–Crippen MR) is 121 cm³/mol. The molecule has 0 bridgehead atoms. The molecule has 5 rings (SSSR count). The van der Waals surface area contributed by atoms with Crippen molar-refractivity contribution in [2.45, 2.75) is 74.5 Å². The molecule has 0 spiro atoms. The molecule has 7 nitrogen and oxygen atoms in total. The van der Waals surface area contributed by atoms with Crippen LogP contribution >= 0.6 is 0 Å². The molecule has 3 aliphatic rings. The summed E-state index contributed by atoms with van der Waals surface area (Å²) in [6.07, 6.45) is 5.61. The first-order valence-corrected chi connectivity index (χ1v) is 12.7. The number of hydrogen-bond donors (Lipinski definition) is 3. The molecule has 2 saturated carbocycles. The maximum Gasteiger partial charge on any atom is 0.503 e. The molecule has 32 heavy (non-hydrogen) atoms. The van der Waals surface area contributed by atoms with Gasteiger partial charge in [0.05, 0.1) is 4.90 Å². The molecule has 2 aliphatic carbocycles. The van der Waals surface area contributed by atoms with E-state index in [4.69, 9.17) is 15.0 Å². The van der Waals surface area contributed by atoms with E-state index in [2.05, 4.69) is 21.8 Å². The van der Waals surface area contributed by atoms with Crippen LogP contribution in [0.3, 0.4) is 0 Å². The summed E-state index contributed by atoms with van der Waals surface area (Å²) in [4.78, 5) is 11.5. The van der Waals surface area contributed by atoms with Gasteiger partial charge in [-0.15, -0.1) is 0 Å². The van der Waals surface area contributed by atoms with Crippen molar-refractivity contribution in [2.24, 2.45) is 0 Å². The van der Waals surface area contributed by atoms with Gasteiger partial charge in [0.1, 0.15) is 0 Å². The van der Waals surface area contributed by atoms with E-state index >= 15 is 0 Å². The maximum atomic E-state index is 12.9. The topological polar surface area (TPSA) is 107 Å². The van der Waals surface area contributed by atoms with Gasteiger partial charge in [-0.05, 0) is 48.1 Å². The lowest BCUT2D eigenvalue weighted by Crippen LogP contribution is -2.32. The minimum Gasteiger partial charge on any atom is -0.450 e. The van der Waals surface area contributed by atoms with Gasteiger partial charge in [-0.1, -0.05) is 55.7 Å². The van der Waals surface area contributed by atoms with E-state index in [0.29, 0.717) is 16.9 Å². The Bertz CT molecular complexity index is 1050. The third-order valence-electron chi connectivity index (χ3n) is 6.65. The van der Waals surface area contributed by atoms with Crippen molar-refractivity contribution in [1.82, 2.24) is 9.62 Å². The molecule has 0 amide bonds. The standard InChI is InChI=1S/C23H28N2O2S.CH2O3/c26-28(27,24-23-14-22(23)17-7-3-1-4-8-17)21-12-11-18-15-25(16-19(18)13-21)20-9-5-2-6-10-20;2-1(3)4/h1,3-4,7-8,11-13,20,22-24H,2,5-6,9-10,14-16H2;(H2,2,3,4)/t22-,23+;/m1./s1. The van der Waals surface area contributed by atoms with E-state index in [1.165, 1.54) is 48.8 Å². The first-order valence-electron chi connectivity index (χ1n) is 11.2. The molecule has 172 valence electrons. The number of sulfonamides is 1. The highest BCUT2D eigenvalue weighted by molar-refractivity contribution is 7.89. The molecule has 2 aromatic rings. The molecule has 0 unspecified atom stereocenters. The lowest BCUT2D eigenvalue weighted by molar-refractivity contribution is 0.137. The lowest BCUT2D eigenvalue weighted by atomic mass is 9.94. The molecular formula is C24H30N2O5S. The third-order valence-corrected chi connectivity index (χ3v) is 8.14. The van der Waals surface area contributed by atoms with Crippen LogP contribution in [0.2, 0.25) is 0 Å². The van der Waals surface area contributed by atoms with E-state index in [-0.39, 0.29) is 6.04 Å². The van der Waals surface area contributed by atoms with Gasteiger partial charge in [0.15, 0.2) is 0 Å². The molecule has 1 heterocycles. The number of fused-ring (bicyclic) bond motifs is 1. The van der Waals surface area contributed by atoms with Crippen LogP contribution in [0.4, 0.5) is 4.79 Å². The number of benzene rings is 2. The third kappa shape index (κ3) is 5.49. The smallest absolute Gasteiger partial charge is 0.450 e. The maximum absolute atomic E-state index is 12.9. The number of nitrogens with one attached hydrogen (secondary N) is 1. The Hall–Kier alpha value is -2.42. The number of carboxylic acid groups (broad SMARTS) is 2. The Kier molecular flexibility index (Phi) is 6.83. The Morgan fingerprint density at radius 1 is 0.938 bits per heavy atom. The molecular weight excluding hydrogens is 428 g/mol. The van der Waals surface area contributed by atoms with Crippen molar-refractivity contribution in [1.29, 1.82) is 0 Å². The first kappa shape index (κ1) is 22.8. The largest absolute Gasteiger partial charge is 0.503 e. The van der Waals surface area contributed by atoms with Gasteiger partial charge in [0.2, 0.25) is 10.0 Å². The van der Waals surface area contributed by atoms with E-state index in [1.807, 2.05) is 30.3 Å². The van der Waals surface area contributed by atoms with Crippen LogP contribution in [0.1, 0.15) is 61.1 Å². The van der Waals surface area contributed by atoms with Gasteiger partial charge in [-0.25, -0.2) is 17.9 Å². The molecule has 2 aromatic carbocycles. The summed E-state index contributed by atoms with van der Waals surface area (Å²) in [5.41, 5.74) is 3.69. The molecule has 1 aliphatic heterocycles. The van der Waals surface area contributed by atoms with Gasteiger partial charge in [0, 0.05) is 31.1 Å². The summed E-state index contributed by atoms with van der Waals surface area (Å²) in [7, 11) is -3.47. The van der Waals surface area contributed by atoms with Gasteiger partial charge >= 0.3 is 6.16 Å². The summed E-state index contributed by atoms with van der Waals surface area (Å²) in [5.74, 6) is 0.298. The highest BCUT2D eigenvalue weighted by Gasteiger charge is 2.41. The minimum absolute atomic E-state index is 0.0133. The van der Waals surface area contributed by atoms with Crippen LogP contribution < -0.4 is 4.72 Å². The fourth-order valence-corrected chi connectivity index (χ4v) is 6.27. The molecule has 2 atom stereocenters. The van der Waals surface area contributed by atoms with Crippen molar-refractivity contribution >= 4 is 16.2 Å². The average molecular weight is 459 g/mol. The van der Waals surface area contributed by atoms with Crippen LogP contribution in [-0.2, 0) is 23.1 Å². The Labute approximate surface area is 189 Å². The summed E-state index contributed by atoms with van der Waals surface area (Å²) < 4.78 is 28.8. The van der Waals surface area contributed by atoms with Crippen LogP contribution in [0.15, 0.2) is 53.4 Å². The number of nitrogens with zero attached hydrogens (tertiary/aromatic N) is 1. The second kappa shape index (κ2) is 9.60. The molecule has 8 heteroatoms. The number of hydrogen-bond acceptors (Lipinski definition) is 4. The van der Waals surface area contributed by atoms with Crippen molar-refractivity contribution in [3.8, 4) is 0 Å². The van der Waals surface area contributed by atoms with E-state index in [0.717, 1.165) is 19.5 Å². The summed E-state index contributed by atoms with van der Waals surface area (Å²) in [6.45, 7) is 1.85. The Balaban J connectivity index is 0.000000567. The molecule has 2 fully saturated rings. The van der Waals surface area contributed by atoms with Crippen molar-refractivity contribution in [2.75, 3.05) is 0 Å². The number of rotatable bonds is 5. The molecule has 3 N–H and O–H groups in total. The minimum atomic E-state index is -3.47. The molecule has 0 radical (unpaired) electrons. The fourth-order valence-electron chi connectivity index (χ4n) is 4.93. The van der Waals surface area contributed by atoms with Crippen molar-refractivity contribution in [3.05, 3.63) is 65.2 Å². The monoisotopic (exact) mass is 458 g/mol. The summed E-state index contributed by atoms with van der Waals surface area (Å²) >= 11 is 0. The predicted octanol–water partition coefficient (Wildman–Crippen LogP) is 4.39. The SMILES string of the molecule is O=C(O)O.O=S(=O)(N[C@H]1C[C@@H]1c1ccccc1)c1ccc2c(c1)CN(C1CCCCC1)C2. The van der Waals surface area contributed by atoms with E-state index in [1.54, 1.807) is 6.07 Å². The van der Waals surface area contributed by atoms with Gasteiger partial charge in [-0.2, -0.15) is 0 Å². The summed E-state index contributed by atoms with van der Waals surface area (Å²) in [5, 5.41) is 13.9. The Morgan fingerprint density at radius 3 is 2.28 bits per heavy atom. The zero-order valence-corrected chi connectivity index (χ0v) is 18.8. The zero-order valence-electron chi connectivity index (χ0n) is 18.0. The van der Waals surface area contributed by atoms with Gasteiger partial charge in [0.25, 0.3) is 0 Å². The molecule has 0 saturated heterocycles. The highest BCUT2D eigenvalue weighted by Crippen LogP contribution is 2.41. The Morgan fingerprint density at radius 2 is 1.59 bits per heavy atom. The van der Waals surface area contributed by atoms with Crippen LogP contribution in [0.5, 0.6) is 0 Å². The normalized spacial score (nSPS) is 23.1. The summed E-state index contributed by atoms with van der Waals surface area (Å²) in [6, 6.07) is 16.6. The van der Waals surface area contributed by atoms with E-state index in [9.17, 15) is 8.42 Å². The second-order valence-corrected chi connectivity index (χ2v) is 10.6. The highest BCUT2D eigenvalue weighted by atomic mass is 32.2. The first-order chi connectivity index (χ1) is 15.3. The van der Waals surface area contributed by atoms with Crippen molar-refractivity contribution in [3.63, 3.8) is 0 Å². The van der Waals surface area contributed by atoms with E-state index < -0.39 is 16.2 Å². The van der Waals surface area contributed by atoms with Crippen molar-refractivity contribution < 1.29 is 23.4 Å².